The molecule has 4 nitrogen and oxygen atoms in total. The maximum atomic E-state index is 11.4. The summed E-state index contributed by atoms with van der Waals surface area (Å²) >= 11 is 1.11. The Morgan fingerprint density at radius 1 is 0.800 bits per heavy atom. The average Bonchev–Trinajstić information content (AvgIpc) is 2.75. The summed E-state index contributed by atoms with van der Waals surface area (Å²) in [5, 5.41) is 30.4. The van der Waals surface area contributed by atoms with Crippen LogP contribution in [0.15, 0.2) is 12.1 Å². The maximum Gasteiger partial charge on any atom is 0.343 e. The molecule has 1 aromatic carbocycles. The van der Waals surface area contributed by atoms with Gasteiger partial charge in [0.1, 0.15) is 5.75 Å². The molecule has 2 unspecified atom stereocenters. The van der Waals surface area contributed by atoms with Crippen molar-refractivity contribution in [1.29, 1.82) is 0 Å². The third kappa shape index (κ3) is 11.6. The molecular weight excluding hydrogens is 456 g/mol. The summed E-state index contributed by atoms with van der Waals surface area (Å²) in [7, 11) is 0. The first-order chi connectivity index (χ1) is 16.3. The van der Waals surface area contributed by atoms with Crippen LogP contribution < -0.4 is 0 Å². The minimum Gasteiger partial charge on any atom is -0.507 e. The number of hydrogen-bond donors (Lipinski definition) is 3. The van der Waals surface area contributed by atoms with Crippen molar-refractivity contribution in [2.45, 2.75) is 147 Å². The average molecular weight is 509 g/mol. The number of aliphatic carboxylic acids is 1. The Hall–Kier alpha value is -1.20. The Kier molecular flexibility index (Phi) is 13.8. The molecule has 0 fully saturated rings. The van der Waals surface area contributed by atoms with Gasteiger partial charge in [-0.25, -0.2) is 4.79 Å². The minimum atomic E-state index is -1.46. The summed E-state index contributed by atoms with van der Waals surface area (Å²) < 4.78 is 0. The molecule has 0 heterocycles. The number of phenols is 1. The van der Waals surface area contributed by atoms with E-state index in [1.807, 2.05) is 12.1 Å². The largest absolute Gasteiger partial charge is 0.507 e. The van der Waals surface area contributed by atoms with Gasteiger partial charge in [-0.15, -0.1) is 11.8 Å². The summed E-state index contributed by atoms with van der Waals surface area (Å²) in [6.07, 6.45) is 14.7. The smallest absolute Gasteiger partial charge is 0.343 e. The second-order valence-corrected chi connectivity index (χ2v) is 13.4. The van der Waals surface area contributed by atoms with Crippen molar-refractivity contribution in [3.05, 3.63) is 28.8 Å². The van der Waals surface area contributed by atoms with Crippen molar-refractivity contribution in [3.8, 4) is 5.75 Å². The van der Waals surface area contributed by atoms with Crippen LogP contribution >= 0.6 is 11.8 Å². The van der Waals surface area contributed by atoms with Gasteiger partial charge >= 0.3 is 5.97 Å². The van der Waals surface area contributed by atoms with Gasteiger partial charge in [0.25, 0.3) is 0 Å². The fraction of sp³-hybridized carbons (Fsp3) is 0.767. The lowest BCUT2D eigenvalue weighted by atomic mass is 9.78. The second-order valence-electron chi connectivity index (χ2n) is 12.1. The first kappa shape index (κ1) is 31.8. The van der Waals surface area contributed by atoms with E-state index >= 15 is 0 Å². The van der Waals surface area contributed by atoms with Crippen LogP contribution in [0.2, 0.25) is 0 Å². The van der Waals surface area contributed by atoms with E-state index in [1.54, 1.807) is 0 Å². The molecule has 0 spiro atoms. The second kappa shape index (κ2) is 15.1. The van der Waals surface area contributed by atoms with Crippen LogP contribution in [0.3, 0.4) is 0 Å². The number of aliphatic hydroxyl groups is 1. The van der Waals surface area contributed by atoms with Crippen molar-refractivity contribution in [2.75, 3.05) is 0 Å². The molecule has 1 aromatic rings. The molecular formula is C30H52O4S. The minimum absolute atomic E-state index is 0.137. The Morgan fingerprint density at radius 2 is 1.20 bits per heavy atom. The molecule has 0 amide bonds. The molecule has 0 aliphatic heterocycles. The summed E-state index contributed by atoms with van der Waals surface area (Å²) in [6.45, 7) is 14.7. The number of thioether (sulfide) groups is 1. The number of rotatable bonds is 16. The highest BCUT2D eigenvalue weighted by molar-refractivity contribution is 8.00. The fourth-order valence-electron chi connectivity index (χ4n) is 4.51. The van der Waals surface area contributed by atoms with Crippen LogP contribution in [0, 0.1) is 0 Å². The van der Waals surface area contributed by atoms with Gasteiger partial charge in [-0.2, -0.15) is 0 Å². The number of carboxylic acid groups (broad SMARTS) is 1. The van der Waals surface area contributed by atoms with E-state index in [-0.39, 0.29) is 16.1 Å². The topological polar surface area (TPSA) is 77.8 Å². The predicted octanol–water partition coefficient (Wildman–Crippen LogP) is 8.87. The SMILES string of the molecule is CCCCCCCCCCCCCC(SC(O)C(=O)O)c1cc(C(C)(C)C)c(O)c(C(C)(C)C)c1. The van der Waals surface area contributed by atoms with Crippen LogP contribution in [0.1, 0.15) is 147 Å². The highest BCUT2D eigenvalue weighted by atomic mass is 32.2. The van der Waals surface area contributed by atoms with Crippen molar-refractivity contribution in [1.82, 2.24) is 0 Å². The summed E-state index contributed by atoms with van der Waals surface area (Å²) in [5.41, 5.74) is 0.769. The zero-order valence-electron chi connectivity index (χ0n) is 23.5. The molecule has 2 atom stereocenters. The van der Waals surface area contributed by atoms with Crippen LogP contribution in [-0.2, 0) is 15.6 Å². The first-order valence-electron chi connectivity index (χ1n) is 13.7. The van der Waals surface area contributed by atoms with Gasteiger partial charge < -0.3 is 15.3 Å². The molecule has 0 saturated heterocycles. The lowest BCUT2D eigenvalue weighted by Gasteiger charge is -2.30. The molecule has 3 N–H and O–H groups in total. The predicted molar refractivity (Wildman–Crippen MR) is 151 cm³/mol. The van der Waals surface area contributed by atoms with Crippen molar-refractivity contribution in [3.63, 3.8) is 0 Å². The van der Waals surface area contributed by atoms with Crippen LogP contribution in [0.5, 0.6) is 5.75 Å². The standard InChI is InChI=1S/C30H52O4S/c1-8-9-10-11-12-13-14-15-16-17-18-19-25(35-28(34)27(32)33)22-20-23(29(2,3)4)26(31)24(21-22)30(5,6)7/h20-21,25,28,31,34H,8-19H2,1-7H3,(H,32,33). The van der Waals surface area contributed by atoms with Crippen molar-refractivity contribution in [2.24, 2.45) is 0 Å². The zero-order chi connectivity index (χ0) is 26.6. The van der Waals surface area contributed by atoms with Crippen molar-refractivity contribution >= 4 is 17.7 Å². The molecule has 0 radical (unpaired) electrons. The number of phenolic OH excluding ortho intramolecular Hbond substituents is 1. The number of unbranched alkanes of at least 4 members (excludes halogenated alkanes) is 10. The van der Waals surface area contributed by atoms with E-state index < -0.39 is 11.4 Å². The van der Waals surface area contributed by atoms with Gasteiger partial charge in [-0.05, 0) is 33.9 Å². The van der Waals surface area contributed by atoms with Crippen LogP contribution in [0.4, 0.5) is 0 Å². The number of benzene rings is 1. The number of carboxylic acids is 1. The van der Waals surface area contributed by atoms with E-state index in [1.165, 1.54) is 57.8 Å². The highest BCUT2D eigenvalue weighted by Gasteiger charge is 2.29. The van der Waals surface area contributed by atoms with Gasteiger partial charge in [0.2, 0.25) is 0 Å². The molecule has 0 aromatic heterocycles. The van der Waals surface area contributed by atoms with Crippen LogP contribution in [-0.4, -0.2) is 26.7 Å². The number of aromatic hydroxyl groups is 1. The van der Waals surface area contributed by atoms with Gasteiger partial charge in [0.05, 0.1) is 0 Å². The Bertz CT molecular complexity index is 726. The number of hydrogen-bond acceptors (Lipinski definition) is 4. The monoisotopic (exact) mass is 508 g/mol. The molecule has 35 heavy (non-hydrogen) atoms. The van der Waals surface area contributed by atoms with E-state index in [2.05, 4.69) is 48.5 Å². The Balaban J connectivity index is 2.87. The van der Waals surface area contributed by atoms with Crippen molar-refractivity contribution < 1.29 is 20.1 Å². The Morgan fingerprint density at radius 3 is 1.57 bits per heavy atom. The van der Waals surface area contributed by atoms with Gasteiger partial charge in [-0.3, -0.25) is 0 Å². The molecule has 1 rings (SSSR count). The third-order valence-electron chi connectivity index (χ3n) is 6.69. The van der Waals surface area contributed by atoms with E-state index in [0.29, 0.717) is 5.75 Å². The number of carbonyl (C=O) groups is 1. The maximum absolute atomic E-state index is 11.4. The van der Waals surface area contributed by atoms with Crippen LogP contribution in [0.25, 0.3) is 0 Å². The molecule has 0 aliphatic carbocycles. The first-order valence-corrected chi connectivity index (χ1v) is 14.7. The van der Waals surface area contributed by atoms with Gasteiger partial charge in [-0.1, -0.05) is 131 Å². The van der Waals surface area contributed by atoms with E-state index in [0.717, 1.165) is 47.7 Å². The zero-order valence-corrected chi connectivity index (χ0v) is 24.3. The summed E-state index contributed by atoms with van der Waals surface area (Å²) in [6, 6.07) is 4.05. The molecule has 0 bridgehead atoms. The van der Waals surface area contributed by atoms with Gasteiger partial charge in [0, 0.05) is 5.25 Å². The summed E-state index contributed by atoms with van der Waals surface area (Å²) in [5.74, 6) is -0.879. The molecule has 202 valence electrons. The molecule has 0 saturated carbocycles. The quantitative estimate of drug-likeness (QED) is 0.153. The third-order valence-corrected chi connectivity index (χ3v) is 7.99. The number of aliphatic hydroxyl groups excluding tert-OH is 1. The van der Waals surface area contributed by atoms with E-state index in [4.69, 9.17) is 0 Å². The fourth-order valence-corrected chi connectivity index (χ4v) is 5.53. The normalized spacial score (nSPS) is 14.2. The molecule has 0 aliphatic rings. The van der Waals surface area contributed by atoms with E-state index in [9.17, 15) is 20.1 Å². The lowest BCUT2D eigenvalue weighted by Crippen LogP contribution is -2.20. The summed E-state index contributed by atoms with van der Waals surface area (Å²) in [4.78, 5) is 11.4. The van der Waals surface area contributed by atoms with Gasteiger partial charge in [0.15, 0.2) is 5.44 Å². The Labute approximate surface area is 219 Å². The lowest BCUT2D eigenvalue weighted by molar-refractivity contribution is -0.141. The highest BCUT2D eigenvalue weighted by Crippen LogP contribution is 2.44. The molecule has 5 heteroatoms.